The molecule has 0 aliphatic heterocycles. The van der Waals surface area contributed by atoms with E-state index in [0.717, 1.165) is 0 Å². The fourth-order valence-electron chi connectivity index (χ4n) is 1.17. The molecule has 6 N–H and O–H groups in total. The van der Waals surface area contributed by atoms with E-state index in [2.05, 4.69) is 10.6 Å². The Morgan fingerprint density at radius 3 is 1.33 bits per heavy atom. The molecule has 0 bridgehead atoms. The smallest absolute Gasteiger partial charge is 0.344 e. The zero-order valence-corrected chi connectivity index (χ0v) is 14.5. The molecule has 0 aromatic carbocycles. The number of rotatable bonds is 10. The molecule has 0 radical (unpaired) electrons. The minimum absolute atomic E-state index is 0.224. The van der Waals surface area contributed by atoms with E-state index in [1.807, 2.05) is 0 Å². The summed E-state index contributed by atoms with van der Waals surface area (Å²) in [5.41, 5.74) is 0. The molecule has 0 atom stereocenters. The molecule has 21 heavy (non-hydrogen) atoms. The number of nitrogens with one attached hydrogen (secondary N) is 2. The Kier molecular flexibility index (Phi) is 7.70. The zero-order chi connectivity index (χ0) is 16.9. The van der Waals surface area contributed by atoms with Crippen LogP contribution in [0.4, 0.5) is 0 Å². The lowest BCUT2D eigenvalue weighted by Crippen LogP contribution is -2.42. The van der Waals surface area contributed by atoms with Gasteiger partial charge in [0, 0.05) is 13.1 Å². The number of hydrogen-bond acceptors (Lipinski definition) is 5. The van der Waals surface area contributed by atoms with Crippen molar-refractivity contribution in [1.82, 2.24) is 10.6 Å². The lowest BCUT2D eigenvalue weighted by Gasteiger charge is -2.28. The second-order valence-corrected chi connectivity index (χ2v) is 10.1. The van der Waals surface area contributed by atoms with Crippen molar-refractivity contribution in [2.24, 2.45) is 0 Å². The van der Waals surface area contributed by atoms with Crippen LogP contribution in [0.15, 0.2) is 0 Å². The first-order valence-electron chi connectivity index (χ1n) is 6.40. The summed E-state index contributed by atoms with van der Waals surface area (Å²) < 4.78 is 27.5. The third-order valence-electron chi connectivity index (χ3n) is 3.06. The average molecular weight is 348 g/mol. The third-order valence-corrected chi connectivity index (χ3v) is 6.29. The van der Waals surface area contributed by atoms with E-state index in [4.69, 9.17) is 24.3 Å². The summed E-state index contributed by atoms with van der Waals surface area (Å²) in [6.07, 6.45) is 0. The lowest BCUT2D eigenvalue weighted by molar-refractivity contribution is 0.130. The molecule has 0 unspecified atom stereocenters. The Bertz CT molecular complexity index is 378. The largest absolute Gasteiger partial charge is 0.379 e. The van der Waals surface area contributed by atoms with Crippen molar-refractivity contribution in [3.05, 3.63) is 0 Å². The Labute approximate surface area is 124 Å². The Hall–Kier alpha value is 0.180. The second-order valence-electron chi connectivity index (χ2n) is 5.67. The second kappa shape index (κ2) is 7.64. The first-order chi connectivity index (χ1) is 9.21. The maximum atomic E-state index is 11.1. The van der Waals surface area contributed by atoms with Gasteiger partial charge in [0.2, 0.25) is 0 Å². The van der Waals surface area contributed by atoms with Gasteiger partial charge >= 0.3 is 15.2 Å². The molecule has 0 aromatic heterocycles. The predicted molar refractivity (Wildman–Crippen MR) is 79.1 cm³/mol. The van der Waals surface area contributed by atoms with Gasteiger partial charge in [0.25, 0.3) is 0 Å². The first kappa shape index (κ1) is 21.2. The van der Waals surface area contributed by atoms with Gasteiger partial charge < -0.3 is 24.3 Å². The van der Waals surface area contributed by atoms with Crippen molar-refractivity contribution in [2.45, 2.75) is 38.3 Å². The number of ether oxygens (including phenoxy) is 1. The molecule has 0 fully saturated rings. The maximum absolute atomic E-state index is 11.1. The highest BCUT2D eigenvalue weighted by Gasteiger charge is 2.37. The van der Waals surface area contributed by atoms with Crippen molar-refractivity contribution in [2.75, 3.05) is 26.3 Å². The van der Waals surface area contributed by atoms with Crippen LogP contribution >= 0.6 is 15.2 Å². The highest BCUT2D eigenvalue weighted by atomic mass is 31.2. The molecule has 0 saturated carbocycles. The molecule has 0 amide bonds. The summed E-state index contributed by atoms with van der Waals surface area (Å²) in [6.45, 7) is 6.55. The van der Waals surface area contributed by atoms with Crippen LogP contribution < -0.4 is 10.6 Å². The molecule has 0 aliphatic carbocycles. The quantitative estimate of drug-likeness (QED) is 0.237. The van der Waals surface area contributed by atoms with Crippen LogP contribution in [-0.4, -0.2) is 56.4 Å². The zero-order valence-electron chi connectivity index (χ0n) is 12.7. The predicted octanol–water partition coefficient (Wildman–Crippen LogP) is 0.00980. The minimum atomic E-state index is -4.24. The maximum Gasteiger partial charge on any atom is 0.344 e. The van der Waals surface area contributed by atoms with E-state index in [0.29, 0.717) is 0 Å². The average Bonchev–Trinajstić information content (AvgIpc) is 2.24. The molecule has 11 heteroatoms. The van der Waals surface area contributed by atoms with Gasteiger partial charge in [-0.15, -0.1) is 0 Å². The summed E-state index contributed by atoms with van der Waals surface area (Å²) in [7, 11) is -8.47. The normalized spacial score (nSPS) is 14.5. The summed E-state index contributed by atoms with van der Waals surface area (Å²) in [4.78, 5) is 36.3. The standard InChI is InChI=1S/C10H26N2O7P2/c1-9(2,20(13,14)15)11-5-7-19-8-6-12-10(3,4)21(16,17)18/h11-12H,5-8H2,1-4H3,(H2,13,14,15)(H2,16,17,18). The minimum Gasteiger partial charge on any atom is -0.379 e. The van der Waals surface area contributed by atoms with E-state index in [9.17, 15) is 9.13 Å². The fraction of sp³-hybridized carbons (Fsp3) is 1.00. The molecule has 9 nitrogen and oxygen atoms in total. The van der Waals surface area contributed by atoms with Crippen molar-refractivity contribution < 1.29 is 33.4 Å². The van der Waals surface area contributed by atoms with Crippen LogP contribution in [0, 0.1) is 0 Å². The highest BCUT2D eigenvalue weighted by molar-refractivity contribution is 7.53. The molecule has 0 heterocycles. The first-order valence-corrected chi connectivity index (χ1v) is 9.62. The monoisotopic (exact) mass is 348 g/mol. The molecule has 128 valence electrons. The van der Waals surface area contributed by atoms with Crippen molar-refractivity contribution in [3.63, 3.8) is 0 Å². The molecular formula is C10H26N2O7P2. The van der Waals surface area contributed by atoms with E-state index in [1.54, 1.807) is 0 Å². The number of hydrogen-bond donors (Lipinski definition) is 6. The van der Waals surface area contributed by atoms with Gasteiger partial charge in [-0.25, -0.2) is 0 Å². The van der Waals surface area contributed by atoms with Crippen LogP contribution in [0.1, 0.15) is 27.7 Å². The van der Waals surface area contributed by atoms with Gasteiger partial charge in [-0.05, 0) is 27.7 Å². The van der Waals surface area contributed by atoms with Crippen molar-refractivity contribution in [3.8, 4) is 0 Å². The van der Waals surface area contributed by atoms with Crippen LogP contribution in [0.2, 0.25) is 0 Å². The summed E-state index contributed by atoms with van der Waals surface area (Å²) >= 11 is 0. The SMILES string of the molecule is CC(C)(NCCOCCNC(C)(C)P(=O)(O)O)P(=O)(O)O. The van der Waals surface area contributed by atoms with Crippen molar-refractivity contribution in [1.29, 1.82) is 0 Å². The van der Waals surface area contributed by atoms with Crippen LogP contribution in [0.3, 0.4) is 0 Å². The van der Waals surface area contributed by atoms with Gasteiger partial charge in [-0.1, -0.05) is 0 Å². The summed E-state index contributed by atoms with van der Waals surface area (Å²) in [6, 6.07) is 0. The topological polar surface area (TPSA) is 148 Å². The third kappa shape index (κ3) is 7.32. The Morgan fingerprint density at radius 1 is 0.810 bits per heavy atom. The van der Waals surface area contributed by atoms with Gasteiger partial charge in [-0.2, -0.15) is 0 Å². The van der Waals surface area contributed by atoms with Gasteiger partial charge in [-0.3, -0.25) is 19.8 Å². The Balaban J connectivity index is 3.86. The van der Waals surface area contributed by atoms with Crippen molar-refractivity contribution >= 4 is 15.2 Å². The van der Waals surface area contributed by atoms with Crippen LogP contribution in [-0.2, 0) is 13.9 Å². The van der Waals surface area contributed by atoms with Gasteiger partial charge in [0.05, 0.1) is 13.2 Å². The summed E-state index contributed by atoms with van der Waals surface area (Å²) in [5, 5.41) is 2.75. The van der Waals surface area contributed by atoms with Crippen LogP contribution in [0.5, 0.6) is 0 Å². The van der Waals surface area contributed by atoms with E-state index < -0.39 is 25.8 Å². The molecule has 0 saturated heterocycles. The highest BCUT2D eigenvalue weighted by Crippen LogP contribution is 2.48. The molecule has 0 aliphatic rings. The fourth-order valence-corrected chi connectivity index (χ4v) is 1.80. The molecular weight excluding hydrogens is 322 g/mol. The molecule has 0 rings (SSSR count). The van der Waals surface area contributed by atoms with Gasteiger partial charge in [0.1, 0.15) is 10.6 Å². The molecule has 0 spiro atoms. The lowest BCUT2D eigenvalue weighted by atomic mass is 10.4. The van der Waals surface area contributed by atoms with E-state index >= 15 is 0 Å². The summed E-state index contributed by atoms with van der Waals surface area (Å²) in [5.74, 6) is 0. The van der Waals surface area contributed by atoms with Gasteiger partial charge in [0.15, 0.2) is 0 Å². The van der Waals surface area contributed by atoms with Crippen LogP contribution in [0.25, 0.3) is 0 Å². The van der Waals surface area contributed by atoms with E-state index in [-0.39, 0.29) is 26.3 Å². The Morgan fingerprint density at radius 2 is 1.10 bits per heavy atom. The molecule has 0 aromatic rings. The van der Waals surface area contributed by atoms with E-state index in [1.165, 1.54) is 27.7 Å².